The summed E-state index contributed by atoms with van der Waals surface area (Å²) in [6.07, 6.45) is -6.55. The van der Waals surface area contributed by atoms with E-state index in [0.717, 1.165) is 13.0 Å². The van der Waals surface area contributed by atoms with Gasteiger partial charge in [-0.2, -0.15) is 13.2 Å². The van der Waals surface area contributed by atoms with Gasteiger partial charge < -0.3 is 15.2 Å². The highest BCUT2D eigenvalue weighted by Gasteiger charge is 2.38. The van der Waals surface area contributed by atoms with Crippen LogP contribution in [-0.4, -0.2) is 49.5 Å². The Bertz CT molecular complexity index is 228. The van der Waals surface area contributed by atoms with E-state index in [2.05, 4.69) is 5.32 Å². The van der Waals surface area contributed by atoms with Crippen LogP contribution in [0.1, 0.15) is 6.42 Å². The lowest BCUT2D eigenvalue weighted by molar-refractivity contribution is -0.192. The average Bonchev–Trinajstić information content (AvgIpc) is 2.66. The SMILES string of the molecule is FC(F)CO[C@H]1CCNC1.O=C(O)C(F)(F)F. The topological polar surface area (TPSA) is 58.6 Å². The van der Waals surface area contributed by atoms with Gasteiger partial charge in [-0.05, 0) is 13.0 Å². The Hall–Kier alpha value is -0.960. The third-order valence-electron chi connectivity index (χ3n) is 1.72. The van der Waals surface area contributed by atoms with Gasteiger partial charge in [-0.1, -0.05) is 0 Å². The van der Waals surface area contributed by atoms with Crippen LogP contribution in [0.3, 0.4) is 0 Å². The van der Waals surface area contributed by atoms with Crippen molar-refractivity contribution in [2.24, 2.45) is 0 Å². The fourth-order valence-corrected chi connectivity index (χ4v) is 0.979. The lowest BCUT2D eigenvalue weighted by atomic mass is 10.3. The molecule has 1 aliphatic rings. The molecule has 0 saturated carbocycles. The van der Waals surface area contributed by atoms with E-state index in [4.69, 9.17) is 14.6 Å². The summed E-state index contributed by atoms with van der Waals surface area (Å²) < 4.78 is 59.7. The van der Waals surface area contributed by atoms with E-state index in [0.29, 0.717) is 6.54 Å². The molecule has 0 aromatic heterocycles. The monoisotopic (exact) mass is 265 g/mol. The Morgan fingerprint density at radius 3 is 2.29 bits per heavy atom. The largest absolute Gasteiger partial charge is 0.490 e. The van der Waals surface area contributed by atoms with Crippen molar-refractivity contribution in [3.8, 4) is 0 Å². The van der Waals surface area contributed by atoms with Crippen LogP contribution in [0.2, 0.25) is 0 Å². The minimum atomic E-state index is -5.08. The molecular weight excluding hydrogens is 253 g/mol. The lowest BCUT2D eigenvalue weighted by Crippen LogP contribution is -2.21. The first-order chi connectivity index (χ1) is 7.73. The van der Waals surface area contributed by atoms with E-state index in [1.807, 2.05) is 0 Å². The second-order valence-corrected chi connectivity index (χ2v) is 3.14. The fraction of sp³-hybridized carbons (Fsp3) is 0.875. The number of nitrogens with one attached hydrogen (secondary N) is 1. The number of hydrogen-bond acceptors (Lipinski definition) is 3. The highest BCUT2D eigenvalue weighted by molar-refractivity contribution is 5.73. The number of carboxylic acids is 1. The molecule has 102 valence electrons. The number of alkyl halides is 5. The van der Waals surface area contributed by atoms with Crippen LogP contribution in [0, 0.1) is 0 Å². The second kappa shape index (κ2) is 7.38. The van der Waals surface area contributed by atoms with Crippen LogP contribution in [0.4, 0.5) is 22.0 Å². The normalized spacial score (nSPS) is 20.0. The zero-order valence-corrected chi connectivity index (χ0v) is 8.64. The predicted molar refractivity (Wildman–Crippen MR) is 46.9 cm³/mol. The summed E-state index contributed by atoms with van der Waals surface area (Å²) in [5, 5.41) is 10.2. The molecule has 0 aromatic carbocycles. The van der Waals surface area contributed by atoms with Crippen molar-refractivity contribution in [2.75, 3.05) is 19.7 Å². The molecule has 1 heterocycles. The third-order valence-corrected chi connectivity index (χ3v) is 1.72. The number of hydrogen-bond donors (Lipinski definition) is 2. The number of carbonyl (C=O) groups is 1. The summed E-state index contributed by atoms with van der Waals surface area (Å²) in [5.74, 6) is -2.76. The Labute approximate surface area is 93.7 Å². The first-order valence-electron chi connectivity index (χ1n) is 4.64. The molecule has 1 fully saturated rings. The summed E-state index contributed by atoms with van der Waals surface area (Å²) in [6, 6.07) is 0. The maximum Gasteiger partial charge on any atom is 0.490 e. The minimum absolute atomic E-state index is 0.00833. The maximum atomic E-state index is 11.5. The van der Waals surface area contributed by atoms with Gasteiger partial charge in [0.2, 0.25) is 0 Å². The molecular formula is C8H12F5NO3. The van der Waals surface area contributed by atoms with Gasteiger partial charge in [-0.25, -0.2) is 13.6 Å². The second-order valence-electron chi connectivity index (χ2n) is 3.14. The van der Waals surface area contributed by atoms with E-state index in [1.165, 1.54) is 0 Å². The number of ether oxygens (including phenoxy) is 1. The molecule has 9 heteroatoms. The van der Waals surface area contributed by atoms with E-state index in [9.17, 15) is 22.0 Å². The summed E-state index contributed by atoms with van der Waals surface area (Å²) in [4.78, 5) is 8.90. The highest BCUT2D eigenvalue weighted by atomic mass is 19.4. The molecule has 17 heavy (non-hydrogen) atoms. The van der Waals surface area contributed by atoms with Crippen molar-refractivity contribution in [2.45, 2.75) is 25.1 Å². The van der Waals surface area contributed by atoms with Crippen LogP contribution in [0.15, 0.2) is 0 Å². The maximum absolute atomic E-state index is 11.5. The van der Waals surface area contributed by atoms with Crippen molar-refractivity contribution >= 4 is 5.97 Å². The third kappa shape index (κ3) is 8.81. The molecule has 0 spiro atoms. The molecule has 4 nitrogen and oxygen atoms in total. The highest BCUT2D eigenvalue weighted by Crippen LogP contribution is 2.13. The van der Waals surface area contributed by atoms with Crippen LogP contribution >= 0.6 is 0 Å². The first-order valence-corrected chi connectivity index (χ1v) is 4.64. The van der Waals surface area contributed by atoms with Gasteiger partial charge >= 0.3 is 12.1 Å². The van der Waals surface area contributed by atoms with Gasteiger partial charge in [-0.15, -0.1) is 0 Å². The van der Waals surface area contributed by atoms with Crippen LogP contribution in [0.25, 0.3) is 0 Å². The van der Waals surface area contributed by atoms with Crippen molar-refractivity contribution in [1.82, 2.24) is 5.32 Å². The molecule has 0 unspecified atom stereocenters. The van der Waals surface area contributed by atoms with Crippen LogP contribution < -0.4 is 5.32 Å². The smallest absolute Gasteiger partial charge is 0.475 e. The van der Waals surface area contributed by atoms with Gasteiger partial charge in [0.25, 0.3) is 6.43 Å². The number of rotatable bonds is 3. The molecule has 0 bridgehead atoms. The quantitative estimate of drug-likeness (QED) is 0.754. The molecule has 0 aliphatic carbocycles. The van der Waals surface area contributed by atoms with Crippen LogP contribution in [0.5, 0.6) is 0 Å². The van der Waals surface area contributed by atoms with Crippen molar-refractivity contribution in [1.29, 1.82) is 0 Å². The summed E-state index contributed by atoms with van der Waals surface area (Å²) in [7, 11) is 0. The predicted octanol–water partition coefficient (Wildman–Crippen LogP) is 1.26. The molecule has 1 atom stereocenters. The zero-order chi connectivity index (χ0) is 13.5. The van der Waals surface area contributed by atoms with E-state index in [-0.39, 0.29) is 6.10 Å². The van der Waals surface area contributed by atoms with E-state index in [1.54, 1.807) is 0 Å². The Morgan fingerprint density at radius 2 is 2.00 bits per heavy atom. The number of halogens is 5. The standard InChI is InChI=1S/C6H11F2NO.C2HF3O2/c7-6(8)4-10-5-1-2-9-3-5;3-2(4,5)1(6)7/h5-6,9H,1-4H2;(H,6,7)/t5-;/m0./s1. The molecule has 1 aliphatic heterocycles. The minimum Gasteiger partial charge on any atom is -0.475 e. The van der Waals surface area contributed by atoms with Crippen molar-refractivity contribution in [3.05, 3.63) is 0 Å². The molecule has 0 aromatic rings. The Balaban J connectivity index is 0.000000325. The summed E-state index contributed by atoms with van der Waals surface area (Å²) >= 11 is 0. The van der Waals surface area contributed by atoms with Gasteiger partial charge in [-0.3, -0.25) is 0 Å². The van der Waals surface area contributed by atoms with E-state index >= 15 is 0 Å². The average molecular weight is 265 g/mol. The molecule has 1 saturated heterocycles. The summed E-state index contributed by atoms with van der Waals surface area (Å²) in [6.45, 7) is 1.17. The summed E-state index contributed by atoms with van der Waals surface area (Å²) in [5.41, 5.74) is 0. The zero-order valence-electron chi connectivity index (χ0n) is 8.64. The molecule has 0 radical (unpaired) electrons. The van der Waals surface area contributed by atoms with Crippen molar-refractivity contribution in [3.63, 3.8) is 0 Å². The van der Waals surface area contributed by atoms with Crippen molar-refractivity contribution < 1.29 is 36.6 Å². The Kier molecular flexibility index (Phi) is 6.97. The van der Waals surface area contributed by atoms with Gasteiger partial charge in [0.05, 0.1) is 6.10 Å². The number of carboxylic acid groups (broad SMARTS) is 1. The van der Waals surface area contributed by atoms with E-state index < -0.39 is 25.2 Å². The Morgan fingerprint density at radius 1 is 1.47 bits per heavy atom. The van der Waals surface area contributed by atoms with Gasteiger partial charge in [0, 0.05) is 6.54 Å². The first kappa shape index (κ1) is 16.0. The van der Waals surface area contributed by atoms with Crippen LogP contribution in [-0.2, 0) is 9.53 Å². The lowest BCUT2D eigenvalue weighted by Gasteiger charge is -2.08. The van der Waals surface area contributed by atoms with Gasteiger partial charge in [0.1, 0.15) is 6.61 Å². The molecule has 1 rings (SSSR count). The van der Waals surface area contributed by atoms with Gasteiger partial charge in [0.15, 0.2) is 0 Å². The number of aliphatic carboxylic acids is 1. The fourth-order valence-electron chi connectivity index (χ4n) is 0.979. The molecule has 2 N–H and O–H groups in total. The molecule has 0 amide bonds.